The van der Waals surface area contributed by atoms with E-state index in [4.69, 9.17) is 0 Å². The molecule has 1 aliphatic rings. The van der Waals surface area contributed by atoms with Gasteiger partial charge in [0.25, 0.3) is 5.91 Å². The standard InChI is InChI=1S/C23H28N2O2/c26-22(20-14-8-5-9-15-20)24-21(18-19-12-6-4-7-13-19)23(27)25-16-10-2-1-3-11-17-25/h4-9,12-15,21H,1-3,10-11,16-18H2,(H,24,26)/t21-/m1/s1. The number of carbonyl (C=O) groups is 2. The lowest BCUT2D eigenvalue weighted by Crippen LogP contribution is -2.50. The first kappa shape index (κ1) is 19.2. The molecule has 2 aromatic carbocycles. The first-order valence-electron chi connectivity index (χ1n) is 9.92. The summed E-state index contributed by atoms with van der Waals surface area (Å²) in [6.07, 6.45) is 6.18. The number of amides is 2. The molecule has 4 heteroatoms. The van der Waals surface area contributed by atoms with Crippen LogP contribution < -0.4 is 5.32 Å². The van der Waals surface area contributed by atoms with Crippen LogP contribution in [0.15, 0.2) is 60.7 Å². The smallest absolute Gasteiger partial charge is 0.251 e. The topological polar surface area (TPSA) is 49.4 Å². The van der Waals surface area contributed by atoms with Crippen LogP contribution in [-0.2, 0) is 11.2 Å². The summed E-state index contributed by atoms with van der Waals surface area (Å²) in [7, 11) is 0. The molecule has 2 aromatic rings. The minimum absolute atomic E-state index is 0.0324. The monoisotopic (exact) mass is 364 g/mol. The maximum Gasteiger partial charge on any atom is 0.251 e. The predicted molar refractivity (Wildman–Crippen MR) is 108 cm³/mol. The Kier molecular flexibility index (Phi) is 7.03. The molecule has 0 bridgehead atoms. The van der Waals surface area contributed by atoms with Gasteiger partial charge in [0.15, 0.2) is 0 Å². The summed E-state index contributed by atoms with van der Waals surface area (Å²) in [5.74, 6) is -0.165. The first-order chi connectivity index (χ1) is 13.2. The summed E-state index contributed by atoms with van der Waals surface area (Å²) in [4.78, 5) is 27.9. The van der Waals surface area contributed by atoms with Gasteiger partial charge in [-0.2, -0.15) is 0 Å². The third-order valence-corrected chi connectivity index (χ3v) is 5.09. The first-order valence-corrected chi connectivity index (χ1v) is 9.92. The van der Waals surface area contributed by atoms with E-state index in [0.29, 0.717) is 12.0 Å². The Hall–Kier alpha value is -2.62. The Labute approximate surface area is 161 Å². The average Bonchev–Trinajstić information content (AvgIpc) is 2.68. The molecule has 1 aliphatic heterocycles. The maximum atomic E-state index is 13.2. The third-order valence-electron chi connectivity index (χ3n) is 5.09. The molecule has 4 nitrogen and oxygen atoms in total. The molecule has 142 valence electrons. The van der Waals surface area contributed by atoms with Crippen LogP contribution in [0.25, 0.3) is 0 Å². The second-order valence-corrected chi connectivity index (χ2v) is 7.17. The zero-order chi connectivity index (χ0) is 18.9. The summed E-state index contributed by atoms with van der Waals surface area (Å²) < 4.78 is 0. The second kappa shape index (κ2) is 9.91. The Morgan fingerprint density at radius 3 is 2.00 bits per heavy atom. The Balaban J connectivity index is 1.75. The highest BCUT2D eigenvalue weighted by atomic mass is 16.2. The molecule has 0 spiro atoms. The molecule has 0 aromatic heterocycles. The van der Waals surface area contributed by atoms with Crippen LogP contribution in [0.2, 0.25) is 0 Å². The maximum absolute atomic E-state index is 13.2. The highest BCUT2D eigenvalue weighted by molar-refractivity contribution is 5.97. The van der Waals surface area contributed by atoms with E-state index in [1.807, 2.05) is 53.4 Å². The van der Waals surface area contributed by atoms with E-state index < -0.39 is 6.04 Å². The largest absolute Gasteiger partial charge is 0.341 e. The number of rotatable bonds is 5. The molecular weight excluding hydrogens is 336 g/mol. The van der Waals surface area contributed by atoms with Crippen LogP contribution in [0.5, 0.6) is 0 Å². The van der Waals surface area contributed by atoms with E-state index in [9.17, 15) is 9.59 Å². The molecule has 0 radical (unpaired) electrons. The van der Waals surface area contributed by atoms with Gasteiger partial charge in [-0.1, -0.05) is 67.8 Å². The van der Waals surface area contributed by atoms with Gasteiger partial charge in [0.1, 0.15) is 6.04 Å². The zero-order valence-corrected chi connectivity index (χ0v) is 15.8. The van der Waals surface area contributed by atoms with E-state index >= 15 is 0 Å². The van der Waals surface area contributed by atoms with Gasteiger partial charge in [-0.25, -0.2) is 0 Å². The quantitative estimate of drug-likeness (QED) is 0.877. The van der Waals surface area contributed by atoms with Gasteiger partial charge in [0.2, 0.25) is 5.91 Å². The van der Waals surface area contributed by atoms with Crippen molar-refractivity contribution < 1.29 is 9.59 Å². The predicted octanol–water partition coefficient (Wildman–Crippen LogP) is 3.82. The third kappa shape index (κ3) is 5.68. The number of benzene rings is 2. The van der Waals surface area contributed by atoms with Crippen molar-refractivity contribution in [3.63, 3.8) is 0 Å². The lowest BCUT2D eigenvalue weighted by atomic mass is 10.0. The number of carbonyl (C=O) groups excluding carboxylic acids is 2. The van der Waals surface area contributed by atoms with Crippen molar-refractivity contribution in [1.82, 2.24) is 10.2 Å². The molecule has 1 fully saturated rings. The van der Waals surface area contributed by atoms with Crippen molar-refractivity contribution in [3.05, 3.63) is 71.8 Å². The van der Waals surface area contributed by atoms with Gasteiger partial charge in [-0.15, -0.1) is 0 Å². The van der Waals surface area contributed by atoms with Crippen LogP contribution in [-0.4, -0.2) is 35.8 Å². The molecule has 1 N–H and O–H groups in total. The Morgan fingerprint density at radius 1 is 0.815 bits per heavy atom. The van der Waals surface area contributed by atoms with Crippen molar-refractivity contribution in [2.45, 2.75) is 44.6 Å². The Morgan fingerprint density at radius 2 is 1.37 bits per heavy atom. The van der Waals surface area contributed by atoms with E-state index in [1.54, 1.807) is 12.1 Å². The second-order valence-electron chi connectivity index (χ2n) is 7.17. The van der Waals surface area contributed by atoms with Crippen LogP contribution >= 0.6 is 0 Å². The minimum Gasteiger partial charge on any atom is -0.341 e. The molecule has 2 amide bonds. The molecule has 1 heterocycles. The number of hydrogen-bond acceptors (Lipinski definition) is 2. The van der Waals surface area contributed by atoms with E-state index in [0.717, 1.165) is 31.5 Å². The average molecular weight is 364 g/mol. The zero-order valence-electron chi connectivity index (χ0n) is 15.8. The van der Waals surface area contributed by atoms with Gasteiger partial charge in [-0.05, 0) is 30.5 Å². The van der Waals surface area contributed by atoms with E-state index in [-0.39, 0.29) is 11.8 Å². The SMILES string of the molecule is O=C(N[C@H](Cc1ccccc1)C(=O)N1CCCCCCC1)c1ccccc1. The number of hydrogen-bond donors (Lipinski definition) is 1. The van der Waals surface area contributed by atoms with Gasteiger partial charge >= 0.3 is 0 Å². The normalized spacial score (nSPS) is 16.1. The lowest BCUT2D eigenvalue weighted by molar-refractivity contribution is -0.133. The molecule has 1 atom stereocenters. The summed E-state index contributed by atoms with van der Waals surface area (Å²) in [6.45, 7) is 1.57. The van der Waals surface area contributed by atoms with Crippen LogP contribution in [0.1, 0.15) is 48.0 Å². The van der Waals surface area contributed by atoms with Crippen molar-refractivity contribution in [1.29, 1.82) is 0 Å². The van der Waals surface area contributed by atoms with Gasteiger partial charge < -0.3 is 10.2 Å². The number of nitrogens with zero attached hydrogens (tertiary/aromatic N) is 1. The van der Waals surface area contributed by atoms with Gasteiger partial charge in [-0.3, -0.25) is 9.59 Å². The van der Waals surface area contributed by atoms with E-state index in [2.05, 4.69) is 5.32 Å². The van der Waals surface area contributed by atoms with Crippen molar-refractivity contribution in [2.24, 2.45) is 0 Å². The van der Waals surface area contributed by atoms with Gasteiger partial charge in [0, 0.05) is 25.1 Å². The van der Waals surface area contributed by atoms with Crippen molar-refractivity contribution in [3.8, 4) is 0 Å². The summed E-state index contributed by atoms with van der Waals surface area (Å²) in [6, 6.07) is 18.4. The minimum atomic E-state index is -0.542. The fraction of sp³-hybridized carbons (Fsp3) is 0.391. The van der Waals surface area contributed by atoms with Crippen molar-refractivity contribution in [2.75, 3.05) is 13.1 Å². The summed E-state index contributed by atoms with van der Waals surface area (Å²) in [5.41, 5.74) is 1.63. The highest BCUT2D eigenvalue weighted by Gasteiger charge is 2.26. The fourth-order valence-electron chi connectivity index (χ4n) is 3.57. The lowest BCUT2D eigenvalue weighted by Gasteiger charge is -2.29. The summed E-state index contributed by atoms with van der Waals surface area (Å²) >= 11 is 0. The molecule has 0 unspecified atom stereocenters. The van der Waals surface area contributed by atoms with Crippen molar-refractivity contribution >= 4 is 11.8 Å². The Bertz CT molecular complexity index is 723. The summed E-state index contributed by atoms with van der Waals surface area (Å²) in [5, 5.41) is 2.98. The molecule has 0 saturated carbocycles. The molecule has 27 heavy (non-hydrogen) atoms. The molecule has 0 aliphatic carbocycles. The van der Waals surface area contributed by atoms with E-state index in [1.165, 1.54) is 19.3 Å². The van der Waals surface area contributed by atoms with Crippen LogP contribution in [0, 0.1) is 0 Å². The van der Waals surface area contributed by atoms with Crippen LogP contribution in [0.3, 0.4) is 0 Å². The fourth-order valence-corrected chi connectivity index (χ4v) is 3.57. The molecule has 1 saturated heterocycles. The number of nitrogens with one attached hydrogen (secondary N) is 1. The highest BCUT2D eigenvalue weighted by Crippen LogP contribution is 2.14. The molecular formula is C23H28N2O2. The van der Waals surface area contributed by atoms with Crippen LogP contribution in [0.4, 0.5) is 0 Å². The van der Waals surface area contributed by atoms with Gasteiger partial charge in [0.05, 0.1) is 0 Å². The molecule has 3 rings (SSSR count). The number of likely N-dealkylation sites (tertiary alicyclic amines) is 1.